The number of nitrogens with zero attached hydrogens (tertiary/aromatic N) is 3. The Kier molecular flexibility index (Phi) is 9.23. The van der Waals surface area contributed by atoms with E-state index in [0.29, 0.717) is 38.9 Å². The summed E-state index contributed by atoms with van der Waals surface area (Å²) >= 11 is 0. The number of hydrogen-bond acceptors (Lipinski definition) is 8. The van der Waals surface area contributed by atoms with Crippen LogP contribution < -0.4 is 10.2 Å². The lowest BCUT2D eigenvalue weighted by atomic mass is 9.96. The van der Waals surface area contributed by atoms with Gasteiger partial charge in [0.1, 0.15) is 30.7 Å². The fourth-order valence-corrected chi connectivity index (χ4v) is 4.67. The summed E-state index contributed by atoms with van der Waals surface area (Å²) < 4.78 is 55.5. The summed E-state index contributed by atoms with van der Waals surface area (Å²) in [7, 11) is 5.07. The Balaban J connectivity index is 0.00000106. The first-order chi connectivity index (χ1) is 21.2. The molecule has 0 aliphatic rings. The fraction of sp³-hybridized carbons (Fsp3) is 0.0938. The van der Waals surface area contributed by atoms with E-state index >= 15 is 8.78 Å². The minimum absolute atomic E-state index is 0.118. The monoisotopic (exact) mass is 602 g/mol. The van der Waals surface area contributed by atoms with Gasteiger partial charge in [0.05, 0.1) is 11.1 Å². The number of nitrogens with one attached hydrogen (secondary N) is 1. The highest BCUT2D eigenvalue weighted by Crippen LogP contribution is 2.42. The third-order valence-corrected chi connectivity index (χ3v) is 6.58. The van der Waals surface area contributed by atoms with Crippen LogP contribution in [0.25, 0.3) is 56.1 Å². The van der Waals surface area contributed by atoms with Crippen molar-refractivity contribution in [2.45, 2.75) is 0 Å². The molecule has 3 aromatic heterocycles. The van der Waals surface area contributed by atoms with Gasteiger partial charge in [0.15, 0.2) is 22.9 Å². The lowest BCUT2D eigenvalue weighted by Crippen LogP contribution is -2.18. The summed E-state index contributed by atoms with van der Waals surface area (Å²) in [5, 5.41) is 3.06. The van der Waals surface area contributed by atoms with Crippen molar-refractivity contribution in [2.24, 2.45) is 0 Å². The van der Waals surface area contributed by atoms with Gasteiger partial charge in [-0.2, -0.15) is 4.98 Å². The second-order valence-corrected chi connectivity index (χ2v) is 9.32. The van der Waals surface area contributed by atoms with Gasteiger partial charge in [-0.25, -0.2) is 18.2 Å². The number of carbonyl (C=O) groups excluding carboxylic acids is 3. The van der Waals surface area contributed by atoms with Crippen molar-refractivity contribution in [3.05, 3.63) is 89.9 Å². The largest absolute Gasteiger partial charge is 0.455 e. The maximum Gasteiger partial charge on any atom is 0.255 e. The molecule has 0 saturated carbocycles. The second kappa shape index (κ2) is 13.0. The number of anilines is 1. The van der Waals surface area contributed by atoms with Crippen LogP contribution in [0.2, 0.25) is 0 Å². The van der Waals surface area contributed by atoms with E-state index in [1.165, 1.54) is 43.6 Å². The summed E-state index contributed by atoms with van der Waals surface area (Å²) in [5.41, 5.74) is 2.98. The maximum absolute atomic E-state index is 15.1. The number of oxazole rings is 1. The SMILES string of the molecule is C=O.C=O.CNC(=O)c1c(-c2ccc(F)cc2)oc2cc(N(C)C)c(-c3cc(F)c(F)c(-c4nc5ncccc5o4)c3)cc12. The highest BCUT2D eigenvalue weighted by atomic mass is 19.2. The van der Waals surface area contributed by atoms with Crippen molar-refractivity contribution in [3.63, 3.8) is 0 Å². The molecule has 6 rings (SSSR count). The van der Waals surface area contributed by atoms with Gasteiger partial charge >= 0.3 is 0 Å². The number of amides is 1. The third kappa shape index (κ3) is 5.64. The van der Waals surface area contributed by atoms with Crippen molar-refractivity contribution in [1.29, 1.82) is 0 Å². The van der Waals surface area contributed by atoms with Gasteiger partial charge in [-0.15, -0.1) is 0 Å². The topological polar surface area (TPSA) is 119 Å². The molecular formula is C32H25F3N4O5. The Morgan fingerprint density at radius 3 is 2.20 bits per heavy atom. The number of furan rings is 1. The van der Waals surface area contributed by atoms with Gasteiger partial charge < -0.3 is 28.6 Å². The molecule has 0 spiro atoms. The minimum Gasteiger partial charge on any atom is -0.455 e. The molecule has 0 aliphatic heterocycles. The number of fused-ring (bicyclic) bond motifs is 2. The number of aromatic nitrogens is 2. The number of halogens is 3. The number of rotatable bonds is 5. The molecule has 0 fully saturated rings. The van der Waals surface area contributed by atoms with E-state index in [1.54, 1.807) is 43.3 Å². The smallest absolute Gasteiger partial charge is 0.255 e. The van der Waals surface area contributed by atoms with Crippen LogP contribution in [0.1, 0.15) is 10.4 Å². The van der Waals surface area contributed by atoms with Gasteiger partial charge in [-0.3, -0.25) is 4.79 Å². The quantitative estimate of drug-likeness (QED) is 0.239. The standard InChI is InChI=1S/C30H21F3N4O3.2CH2O/c1-34-29(38)25-19-13-18(22(37(2)3)14-24(19)39-27(25)15-6-8-17(31)9-7-15)16-11-20(26(33)21(32)12-16)30-36-28-23(40-30)5-4-10-35-28;2*1-2/h4-14H,1-3H3,(H,34,38);2*1H2. The van der Waals surface area contributed by atoms with E-state index in [9.17, 15) is 9.18 Å². The summed E-state index contributed by atoms with van der Waals surface area (Å²) in [5.74, 6) is -2.93. The van der Waals surface area contributed by atoms with E-state index in [1.807, 2.05) is 13.6 Å². The molecule has 3 heterocycles. The van der Waals surface area contributed by atoms with Gasteiger partial charge in [-0.05, 0) is 60.2 Å². The minimum atomic E-state index is -1.12. The molecule has 0 aliphatic carbocycles. The van der Waals surface area contributed by atoms with E-state index in [2.05, 4.69) is 15.3 Å². The molecule has 12 heteroatoms. The molecule has 3 aromatic carbocycles. The van der Waals surface area contributed by atoms with Crippen molar-refractivity contribution >= 4 is 47.4 Å². The van der Waals surface area contributed by atoms with E-state index < -0.39 is 23.4 Å². The maximum atomic E-state index is 15.1. The van der Waals surface area contributed by atoms with Crippen molar-refractivity contribution in [3.8, 4) is 33.9 Å². The molecule has 0 saturated heterocycles. The lowest BCUT2D eigenvalue weighted by molar-refractivity contribution is -0.0987. The zero-order chi connectivity index (χ0) is 32.1. The molecule has 0 unspecified atom stereocenters. The number of carbonyl (C=O) groups is 3. The molecule has 1 amide bonds. The van der Waals surface area contributed by atoms with Crippen LogP contribution in [-0.2, 0) is 9.59 Å². The van der Waals surface area contributed by atoms with Crippen LogP contribution in [0.5, 0.6) is 0 Å². The van der Waals surface area contributed by atoms with Gasteiger partial charge in [-0.1, -0.05) is 0 Å². The zero-order valence-electron chi connectivity index (χ0n) is 23.8. The number of hydrogen-bond donors (Lipinski definition) is 1. The molecule has 0 radical (unpaired) electrons. The van der Waals surface area contributed by atoms with E-state index in [4.69, 9.17) is 18.4 Å². The van der Waals surface area contributed by atoms with Crippen molar-refractivity contribution in [2.75, 3.05) is 26.0 Å². The highest BCUT2D eigenvalue weighted by molar-refractivity contribution is 6.13. The summed E-state index contributed by atoms with van der Waals surface area (Å²) in [6.45, 7) is 4.00. The molecule has 9 nitrogen and oxygen atoms in total. The lowest BCUT2D eigenvalue weighted by Gasteiger charge is -2.18. The van der Waals surface area contributed by atoms with Gasteiger partial charge in [0.25, 0.3) is 5.91 Å². The Bertz CT molecular complexity index is 1930. The van der Waals surface area contributed by atoms with Crippen LogP contribution in [0.3, 0.4) is 0 Å². The Hall–Kier alpha value is -5.78. The van der Waals surface area contributed by atoms with Gasteiger partial charge in [0, 0.05) is 55.6 Å². The number of pyridine rings is 1. The molecule has 1 N–H and O–H groups in total. The molecule has 224 valence electrons. The van der Waals surface area contributed by atoms with E-state index in [0.717, 1.165) is 6.07 Å². The predicted molar refractivity (Wildman–Crippen MR) is 160 cm³/mol. The summed E-state index contributed by atoms with van der Waals surface area (Å²) in [6.07, 6.45) is 1.52. The van der Waals surface area contributed by atoms with Crippen LogP contribution in [-0.4, -0.2) is 50.6 Å². The summed E-state index contributed by atoms with van der Waals surface area (Å²) in [4.78, 5) is 39.2. The van der Waals surface area contributed by atoms with Crippen LogP contribution in [0.15, 0.2) is 75.7 Å². The fourth-order valence-electron chi connectivity index (χ4n) is 4.67. The highest BCUT2D eigenvalue weighted by Gasteiger charge is 2.25. The zero-order valence-corrected chi connectivity index (χ0v) is 23.8. The molecule has 6 aromatic rings. The molecule has 44 heavy (non-hydrogen) atoms. The predicted octanol–water partition coefficient (Wildman–Crippen LogP) is 6.44. The molecule has 0 atom stereocenters. The van der Waals surface area contributed by atoms with E-state index in [-0.39, 0.29) is 28.4 Å². The Morgan fingerprint density at radius 1 is 0.864 bits per heavy atom. The van der Waals surface area contributed by atoms with Gasteiger partial charge in [0.2, 0.25) is 5.89 Å². The molecule has 0 bridgehead atoms. The Morgan fingerprint density at radius 2 is 1.57 bits per heavy atom. The average molecular weight is 603 g/mol. The number of benzene rings is 3. The van der Waals surface area contributed by atoms with Crippen LogP contribution in [0, 0.1) is 17.5 Å². The van der Waals surface area contributed by atoms with Crippen LogP contribution in [0.4, 0.5) is 18.9 Å². The van der Waals surface area contributed by atoms with Crippen molar-refractivity contribution in [1.82, 2.24) is 15.3 Å². The third-order valence-electron chi connectivity index (χ3n) is 6.58. The second-order valence-electron chi connectivity index (χ2n) is 9.32. The normalized spacial score (nSPS) is 10.5. The average Bonchev–Trinajstić information content (AvgIpc) is 3.65. The first-order valence-electron chi connectivity index (χ1n) is 12.8. The molecular weight excluding hydrogens is 577 g/mol. The van der Waals surface area contributed by atoms with Crippen molar-refractivity contribution < 1.29 is 36.4 Å². The first kappa shape index (κ1) is 31.2. The Labute approximate surface area is 248 Å². The first-order valence-corrected chi connectivity index (χ1v) is 12.8. The van der Waals surface area contributed by atoms with Crippen LogP contribution >= 0.6 is 0 Å². The summed E-state index contributed by atoms with van der Waals surface area (Å²) in [6, 6.07) is 14.8.